The van der Waals surface area contributed by atoms with Crippen LogP contribution in [-0.2, 0) is 0 Å². The van der Waals surface area contributed by atoms with Crippen molar-refractivity contribution in [3.63, 3.8) is 0 Å². The van der Waals surface area contributed by atoms with Crippen LogP contribution in [-0.4, -0.2) is 18.2 Å². The van der Waals surface area contributed by atoms with Gasteiger partial charge in [-0.15, -0.1) is 0 Å². The lowest BCUT2D eigenvalue weighted by Crippen LogP contribution is -2.00. The zero-order valence-electron chi connectivity index (χ0n) is 8.53. The highest BCUT2D eigenvalue weighted by Crippen LogP contribution is 2.25. The normalized spacial score (nSPS) is 10.4. The molecule has 16 heavy (non-hydrogen) atoms. The van der Waals surface area contributed by atoms with Crippen molar-refractivity contribution < 1.29 is 19.0 Å². The van der Waals surface area contributed by atoms with Gasteiger partial charge in [0.2, 0.25) is 0 Å². The molecule has 0 fully saturated rings. The van der Waals surface area contributed by atoms with Crippen LogP contribution in [0.25, 0.3) is 10.8 Å². The molecule has 0 saturated heterocycles. The maximum atomic E-state index is 13.8. The van der Waals surface area contributed by atoms with Gasteiger partial charge in [-0.1, -0.05) is 12.1 Å². The second-order valence-electron chi connectivity index (χ2n) is 3.32. The molecule has 1 N–H and O–H groups in total. The third-order valence-corrected chi connectivity index (χ3v) is 2.39. The van der Waals surface area contributed by atoms with Crippen LogP contribution in [0, 0.1) is 5.82 Å². The number of benzene rings is 2. The largest absolute Gasteiger partial charge is 0.497 e. The molecule has 0 aromatic heterocycles. The number of fused-ring (bicyclic) bond motifs is 1. The summed E-state index contributed by atoms with van der Waals surface area (Å²) >= 11 is 0. The van der Waals surface area contributed by atoms with Crippen LogP contribution < -0.4 is 4.74 Å². The van der Waals surface area contributed by atoms with Crippen molar-refractivity contribution in [2.75, 3.05) is 7.11 Å². The van der Waals surface area contributed by atoms with E-state index in [-0.39, 0.29) is 10.9 Å². The Kier molecular flexibility index (Phi) is 2.48. The third kappa shape index (κ3) is 1.58. The van der Waals surface area contributed by atoms with E-state index in [2.05, 4.69) is 0 Å². The van der Waals surface area contributed by atoms with E-state index in [1.165, 1.54) is 19.2 Å². The summed E-state index contributed by atoms with van der Waals surface area (Å²) in [6, 6.07) is 7.69. The van der Waals surface area contributed by atoms with Gasteiger partial charge in [-0.3, -0.25) is 0 Å². The topological polar surface area (TPSA) is 46.5 Å². The smallest absolute Gasteiger partial charge is 0.338 e. The molecule has 2 rings (SSSR count). The number of ether oxygens (including phenoxy) is 1. The summed E-state index contributed by atoms with van der Waals surface area (Å²) in [7, 11) is 1.47. The molecule has 0 aliphatic rings. The summed E-state index contributed by atoms with van der Waals surface area (Å²) in [6.07, 6.45) is 0. The fraction of sp³-hybridized carbons (Fsp3) is 0.0833. The van der Waals surface area contributed by atoms with E-state index in [1.54, 1.807) is 18.2 Å². The number of hydrogen-bond acceptors (Lipinski definition) is 2. The van der Waals surface area contributed by atoms with Gasteiger partial charge >= 0.3 is 5.97 Å². The third-order valence-electron chi connectivity index (χ3n) is 2.39. The van der Waals surface area contributed by atoms with Crippen LogP contribution in [0.4, 0.5) is 4.39 Å². The Balaban J connectivity index is 2.75. The zero-order valence-corrected chi connectivity index (χ0v) is 8.53. The Labute approximate surface area is 91.1 Å². The molecule has 2 aromatic carbocycles. The van der Waals surface area contributed by atoms with Crippen molar-refractivity contribution in [3.05, 3.63) is 41.7 Å². The van der Waals surface area contributed by atoms with Gasteiger partial charge in [0.05, 0.1) is 12.7 Å². The number of hydrogen-bond donors (Lipinski definition) is 1. The highest BCUT2D eigenvalue weighted by molar-refractivity contribution is 5.95. The Morgan fingerprint density at radius 1 is 1.31 bits per heavy atom. The summed E-state index contributed by atoms with van der Waals surface area (Å²) < 4.78 is 18.8. The van der Waals surface area contributed by atoms with Gasteiger partial charge in [0.1, 0.15) is 11.6 Å². The number of rotatable bonds is 2. The van der Waals surface area contributed by atoms with Crippen molar-refractivity contribution in [2.24, 2.45) is 0 Å². The molecule has 0 saturated carbocycles. The fourth-order valence-corrected chi connectivity index (χ4v) is 1.55. The number of carboxylic acids is 1. The molecule has 0 aliphatic carbocycles. The van der Waals surface area contributed by atoms with Gasteiger partial charge in [0.25, 0.3) is 0 Å². The first-order valence-electron chi connectivity index (χ1n) is 4.63. The Hall–Kier alpha value is -2.10. The van der Waals surface area contributed by atoms with Crippen LogP contribution in [0.3, 0.4) is 0 Å². The molecule has 0 unspecified atom stereocenters. The van der Waals surface area contributed by atoms with Gasteiger partial charge < -0.3 is 9.84 Å². The molecule has 0 amide bonds. The number of carboxylic acid groups (broad SMARTS) is 1. The van der Waals surface area contributed by atoms with Gasteiger partial charge in [0.15, 0.2) is 0 Å². The molecule has 4 heteroatoms. The van der Waals surface area contributed by atoms with Crippen LogP contribution in [0.5, 0.6) is 5.75 Å². The number of aromatic carboxylic acids is 1. The Bertz CT molecular complexity index is 563. The SMILES string of the molecule is COc1ccc2ccc(C(=O)O)c(F)c2c1. The fourth-order valence-electron chi connectivity index (χ4n) is 1.55. The van der Waals surface area contributed by atoms with E-state index < -0.39 is 11.8 Å². The van der Waals surface area contributed by atoms with Gasteiger partial charge in [-0.05, 0) is 23.6 Å². The van der Waals surface area contributed by atoms with Crippen LogP contribution in [0.2, 0.25) is 0 Å². The molecule has 0 radical (unpaired) electrons. The van der Waals surface area contributed by atoms with Crippen LogP contribution in [0.1, 0.15) is 10.4 Å². The summed E-state index contributed by atoms with van der Waals surface area (Å²) in [5, 5.41) is 9.67. The first kappa shape index (κ1) is 10.4. The Morgan fingerprint density at radius 2 is 2.00 bits per heavy atom. The standard InChI is InChI=1S/C12H9FO3/c1-16-8-4-2-7-3-5-9(12(14)15)11(13)10(7)6-8/h2-6H,1H3,(H,14,15). The van der Waals surface area contributed by atoms with Crippen molar-refractivity contribution in [1.29, 1.82) is 0 Å². The molecule has 3 nitrogen and oxygen atoms in total. The van der Waals surface area contributed by atoms with E-state index in [0.717, 1.165) is 0 Å². The predicted octanol–water partition coefficient (Wildman–Crippen LogP) is 2.69. The first-order chi connectivity index (χ1) is 7.63. The lowest BCUT2D eigenvalue weighted by atomic mass is 10.1. The molecule has 0 spiro atoms. The molecule has 0 aliphatic heterocycles. The first-order valence-corrected chi connectivity index (χ1v) is 4.63. The quantitative estimate of drug-likeness (QED) is 0.846. The van der Waals surface area contributed by atoms with Gasteiger partial charge in [0, 0.05) is 5.39 Å². The van der Waals surface area contributed by atoms with Crippen molar-refractivity contribution in [1.82, 2.24) is 0 Å². The van der Waals surface area contributed by atoms with E-state index in [1.807, 2.05) is 0 Å². The van der Waals surface area contributed by atoms with Crippen LogP contribution >= 0.6 is 0 Å². The number of methoxy groups -OCH3 is 1. The maximum absolute atomic E-state index is 13.8. The minimum absolute atomic E-state index is 0.249. The minimum atomic E-state index is -1.28. The average molecular weight is 220 g/mol. The highest BCUT2D eigenvalue weighted by Gasteiger charge is 2.13. The monoisotopic (exact) mass is 220 g/mol. The zero-order chi connectivity index (χ0) is 11.7. The molecular formula is C12H9FO3. The molecular weight excluding hydrogens is 211 g/mol. The molecule has 0 heterocycles. The summed E-state index contributed by atoms with van der Waals surface area (Å²) in [5.74, 6) is -1.51. The molecule has 2 aromatic rings. The highest BCUT2D eigenvalue weighted by atomic mass is 19.1. The van der Waals surface area contributed by atoms with E-state index >= 15 is 0 Å². The summed E-state index contributed by atoms with van der Waals surface area (Å²) in [6.45, 7) is 0. The predicted molar refractivity (Wildman–Crippen MR) is 57.4 cm³/mol. The Morgan fingerprint density at radius 3 is 2.62 bits per heavy atom. The maximum Gasteiger partial charge on any atom is 0.338 e. The average Bonchev–Trinajstić information content (AvgIpc) is 2.28. The van der Waals surface area contributed by atoms with Gasteiger partial charge in [-0.25, -0.2) is 9.18 Å². The minimum Gasteiger partial charge on any atom is -0.497 e. The summed E-state index contributed by atoms with van der Waals surface area (Å²) in [4.78, 5) is 10.7. The van der Waals surface area contributed by atoms with E-state index in [9.17, 15) is 9.18 Å². The lowest BCUT2D eigenvalue weighted by Gasteiger charge is -2.05. The number of carbonyl (C=O) groups is 1. The molecule has 82 valence electrons. The second kappa shape index (κ2) is 3.81. The van der Waals surface area contributed by atoms with Gasteiger partial charge in [-0.2, -0.15) is 0 Å². The molecule has 0 bridgehead atoms. The van der Waals surface area contributed by atoms with Crippen LogP contribution in [0.15, 0.2) is 30.3 Å². The van der Waals surface area contributed by atoms with E-state index in [4.69, 9.17) is 9.84 Å². The van der Waals surface area contributed by atoms with Crippen molar-refractivity contribution in [3.8, 4) is 5.75 Å². The van der Waals surface area contributed by atoms with Crippen molar-refractivity contribution in [2.45, 2.75) is 0 Å². The van der Waals surface area contributed by atoms with E-state index in [0.29, 0.717) is 11.1 Å². The lowest BCUT2D eigenvalue weighted by molar-refractivity contribution is 0.0692. The number of halogens is 1. The molecule has 0 atom stereocenters. The van der Waals surface area contributed by atoms with Crippen molar-refractivity contribution >= 4 is 16.7 Å². The summed E-state index contributed by atoms with van der Waals surface area (Å²) in [5.41, 5.74) is -0.333. The second-order valence-corrected chi connectivity index (χ2v) is 3.32.